The van der Waals surface area contributed by atoms with Gasteiger partial charge in [-0.25, -0.2) is 15.0 Å². The standard InChI is InChI=1S/C41H41ClN4O6/c1-47-38-37(51-25-32-20-12-5-13-21-32)36(50-24-31-18-10-4-11-19-31)35(49-23-30-16-8-3-9-17-30)33(26-48-22-29-14-6-2-7-15-29)52-41(38)46-28-45-34-39(42)43-27-44-40(34)46/h2-21,27-28,33,35-38,41H,22-26H2,1H3/t33-,35-,36+,37-,38-,41-/m1/s1. The molecule has 0 radical (unpaired) electrons. The largest absolute Gasteiger partial charge is 0.374 e. The number of methoxy groups -OCH3 is 1. The number of hydrogen-bond acceptors (Lipinski definition) is 9. The zero-order chi connectivity index (χ0) is 35.5. The van der Waals surface area contributed by atoms with Gasteiger partial charge in [0.1, 0.15) is 42.4 Å². The number of imidazole rings is 1. The number of rotatable bonds is 15. The molecule has 0 N–H and O–H groups in total. The van der Waals surface area contributed by atoms with Gasteiger partial charge in [-0.2, -0.15) is 0 Å². The van der Waals surface area contributed by atoms with Gasteiger partial charge in [0.25, 0.3) is 0 Å². The van der Waals surface area contributed by atoms with Crippen LogP contribution in [0.1, 0.15) is 28.5 Å². The van der Waals surface area contributed by atoms with Crippen LogP contribution in [0.25, 0.3) is 11.2 Å². The van der Waals surface area contributed by atoms with Gasteiger partial charge < -0.3 is 28.4 Å². The highest BCUT2D eigenvalue weighted by atomic mass is 35.5. The van der Waals surface area contributed by atoms with E-state index < -0.39 is 36.7 Å². The Hall–Kier alpha value is -4.52. The van der Waals surface area contributed by atoms with E-state index in [-0.39, 0.29) is 11.8 Å². The average molecular weight is 721 g/mol. The van der Waals surface area contributed by atoms with Crippen LogP contribution in [0, 0.1) is 0 Å². The normalized spacial score (nSPS) is 22.0. The molecule has 1 aliphatic rings. The molecule has 268 valence electrons. The molecule has 1 aliphatic heterocycles. The molecule has 0 aliphatic carbocycles. The van der Waals surface area contributed by atoms with Crippen LogP contribution in [0.5, 0.6) is 0 Å². The van der Waals surface area contributed by atoms with Crippen molar-refractivity contribution in [1.29, 1.82) is 0 Å². The van der Waals surface area contributed by atoms with Crippen molar-refractivity contribution in [3.63, 3.8) is 0 Å². The third-order valence-corrected chi connectivity index (χ3v) is 9.32. The minimum Gasteiger partial charge on any atom is -0.374 e. The number of halogens is 1. The number of fused-ring (bicyclic) bond motifs is 1. The molecule has 52 heavy (non-hydrogen) atoms. The number of ether oxygens (including phenoxy) is 6. The molecule has 6 atom stereocenters. The fraction of sp³-hybridized carbons (Fsp3) is 0.293. The fourth-order valence-electron chi connectivity index (χ4n) is 6.45. The van der Waals surface area contributed by atoms with Gasteiger partial charge in [0, 0.05) is 7.11 Å². The first kappa shape index (κ1) is 35.9. The molecule has 10 nitrogen and oxygen atoms in total. The van der Waals surface area contributed by atoms with Gasteiger partial charge in [-0.15, -0.1) is 0 Å². The number of hydrogen-bond donors (Lipinski definition) is 0. The topological polar surface area (TPSA) is 99.0 Å². The summed E-state index contributed by atoms with van der Waals surface area (Å²) in [6, 6.07) is 40.1. The van der Waals surface area contributed by atoms with Crippen LogP contribution in [-0.2, 0) is 54.8 Å². The lowest BCUT2D eigenvalue weighted by Gasteiger charge is -2.36. The maximum absolute atomic E-state index is 7.10. The second-order valence-electron chi connectivity index (χ2n) is 12.5. The Morgan fingerprint density at radius 3 is 1.60 bits per heavy atom. The van der Waals surface area contributed by atoms with Gasteiger partial charge in [-0.3, -0.25) is 4.57 Å². The summed E-state index contributed by atoms with van der Waals surface area (Å²) < 4.78 is 42.3. The summed E-state index contributed by atoms with van der Waals surface area (Å²) in [5.74, 6) is 0. The Labute approximate surface area is 308 Å². The molecule has 0 saturated carbocycles. The number of aromatic nitrogens is 4. The molecule has 1 fully saturated rings. The van der Waals surface area contributed by atoms with E-state index in [9.17, 15) is 0 Å². The van der Waals surface area contributed by atoms with Crippen molar-refractivity contribution in [3.8, 4) is 0 Å². The molecule has 3 heterocycles. The molecule has 2 aromatic heterocycles. The fourth-order valence-corrected chi connectivity index (χ4v) is 6.63. The first-order chi connectivity index (χ1) is 25.7. The molecule has 6 aromatic rings. The molecule has 0 amide bonds. The Kier molecular flexibility index (Phi) is 12.3. The minimum atomic E-state index is -0.805. The van der Waals surface area contributed by atoms with E-state index in [1.165, 1.54) is 6.33 Å². The highest BCUT2D eigenvalue weighted by Gasteiger charge is 2.50. The monoisotopic (exact) mass is 720 g/mol. The maximum atomic E-state index is 7.10. The maximum Gasteiger partial charge on any atom is 0.167 e. The van der Waals surface area contributed by atoms with Crippen molar-refractivity contribution in [1.82, 2.24) is 19.5 Å². The summed E-state index contributed by atoms with van der Waals surface area (Å²) in [5, 5.41) is 0.235. The summed E-state index contributed by atoms with van der Waals surface area (Å²) in [6.07, 6.45) is -1.19. The van der Waals surface area contributed by atoms with Gasteiger partial charge in [-0.1, -0.05) is 133 Å². The van der Waals surface area contributed by atoms with Crippen LogP contribution in [0.3, 0.4) is 0 Å². The van der Waals surface area contributed by atoms with Crippen molar-refractivity contribution in [2.75, 3.05) is 13.7 Å². The smallest absolute Gasteiger partial charge is 0.167 e. The van der Waals surface area contributed by atoms with Crippen molar-refractivity contribution in [2.24, 2.45) is 0 Å². The van der Waals surface area contributed by atoms with E-state index in [2.05, 4.69) is 15.0 Å². The van der Waals surface area contributed by atoms with E-state index in [1.54, 1.807) is 13.4 Å². The van der Waals surface area contributed by atoms with Crippen LogP contribution in [0.15, 0.2) is 134 Å². The predicted molar refractivity (Wildman–Crippen MR) is 196 cm³/mol. The Morgan fingerprint density at radius 1 is 0.596 bits per heavy atom. The van der Waals surface area contributed by atoms with Gasteiger partial charge in [0.2, 0.25) is 0 Å². The van der Waals surface area contributed by atoms with Gasteiger partial charge in [0.05, 0.1) is 39.4 Å². The third-order valence-electron chi connectivity index (χ3n) is 9.04. The van der Waals surface area contributed by atoms with Crippen molar-refractivity contribution >= 4 is 22.8 Å². The van der Waals surface area contributed by atoms with Crippen LogP contribution in [-0.4, -0.2) is 63.8 Å². The Morgan fingerprint density at radius 2 is 1.08 bits per heavy atom. The summed E-state index contributed by atoms with van der Waals surface area (Å²) in [7, 11) is 1.64. The van der Waals surface area contributed by atoms with Crippen LogP contribution >= 0.6 is 11.6 Å². The minimum absolute atomic E-state index is 0.181. The second-order valence-corrected chi connectivity index (χ2v) is 12.9. The van der Waals surface area contributed by atoms with Gasteiger partial charge in [-0.05, 0) is 22.3 Å². The average Bonchev–Trinajstić information content (AvgIpc) is 3.59. The quantitative estimate of drug-likeness (QED) is 0.101. The summed E-state index contributed by atoms with van der Waals surface area (Å²) in [4.78, 5) is 13.2. The van der Waals surface area contributed by atoms with E-state index in [4.69, 9.17) is 40.0 Å². The lowest BCUT2D eigenvalue weighted by Crippen LogP contribution is -2.51. The van der Waals surface area contributed by atoms with E-state index in [0.717, 1.165) is 22.3 Å². The molecule has 0 unspecified atom stereocenters. The Bertz CT molecular complexity index is 1950. The highest BCUT2D eigenvalue weighted by molar-refractivity contribution is 6.33. The van der Waals surface area contributed by atoms with Crippen molar-refractivity contribution < 1.29 is 28.4 Å². The molecule has 0 spiro atoms. The first-order valence-electron chi connectivity index (χ1n) is 17.3. The van der Waals surface area contributed by atoms with Crippen molar-refractivity contribution in [3.05, 3.63) is 161 Å². The molecule has 0 bridgehead atoms. The van der Waals surface area contributed by atoms with Crippen molar-refractivity contribution in [2.45, 2.75) is 63.2 Å². The lowest BCUT2D eigenvalue weighted by atomic mass is 9.99. The first-order valence-corrected chi connectivity index (χ1v) is 17.7. The highest BCUT2D eigenvalue weighted by Crippen LogP contribution is 2.37. The number of nitrogens with zero attached hydrogens (tertiary/aromatic N) is 4. The summed E-state index contributed by atoms with van der Waals surface area (Å²) in [6.45, 7) is 1.46. The third kappa shape index (κ3) is 8.74. The van der Waals surface area contributed by atoms with Crippen LogP contribution in [0.4, 0.5) is 0 Å². The van der Waals surface area contributed by atoms with Gasteiger partial charge in [0.15, 0.2) is 17.0 Å². The predicted octanol–water partition coefficient (Wildman–Crippen LogP) is 7.37. The molecule has 7 rings (SSSR count). The van der Waals surface area contributed by atoms with E-state index in [0.29, 0.717) is 37.6 Å². The van der Waals surface area contributed by atoms with Crippen LogP contribution < -0.4 is 0 Å². The zero-order valence-electron chi connectivity index (χ0n) is 28.8. The SMILES string of the molecule is CO[C@@H]1[C@H](OCc2ccccc2)[C@@H](OCc2ccccc2)[C@H](OCc2ccccc2)[C@@H](COCc2ccccc2)O[C@H]1n1cnc2c(Cl)ncnc21. The summed E-state index contributed by atoms with van der Waals surface area (Å²) in [5.41, 5.74) is 4.98. The molecular weight excluding hydrogens is 680 g/mol. The second kappa shape index (κ2) is 17.8. The molecular formula is C41H41ClN4O6. The van der Waals surface area contributed by atoms with Crippen LogP contribution in [0.2, 0.25) is 5.15 Å². The molecule has 1 saturated heterocycles. The summed E-state index contributed by atoms with van der Waals surface area (Å²) >= 11 is 6.48. The molecule has 4 aromatic carbocycles. The Balaban J connectivity index is 1.31. The lowest BCUT2D eigenvalue weighted by molar-refractivity contribution is -0.186. The number of benzene rings is 4. The van der Waals surface area contributed by atoms with Gasteiger partial charge >= 0.3 is 0 Å². The van der Waals surface area contributed by atoms with E-state index in [1.807, 2.05) is 126 Å². The molecule has 11 heteroatoms. The zero-order valence-corrected chi connectivity index (χ0v) is 29.6. The van der Waals surface area contributed by atoms with E-state index >= 15 is 0 Å².